The second-order valence-corrected chi connectivity index (χ2v) is 13.2. The zero-order chi connectivity index (χ0) is 32.4. The van der Waals surface area contributed by atoms with Crippen LogP contribution in [0.15, 0.2) is 79.1 Å². The predicted octanol–water partition coefficient (Wildman–Crippen LogP) is 7.55. The van der Waals surface area contributed by atoms with E-state index in [9.17, 15) is 14.4 Å². The molecule has 1 N–H and O–H groups in total. The van der Waals surface area contributed by atoms with Crippen molar-refractivity contribution in [1.82, 2.24) is 24.9 Å². The summed E-state index contributed by atoms with van der Waals surface area (Å²) < 4.78 is 16.0. The van der Waals surface area contributed by atoms with Crippen LogP contribution in [0.3, 0.4) is 0 Å². The first kappa shape index (κ1) is 31.3. The van der Waals surface area contributed by atoms with Gasteiger partial charge in [0.2, 0.25) is 0 Å². The summed E-state index contributed by atoms with van der Waals surface area (Å²) in [7, 11) is 0. The second-order valence-electron chi connectivity index (χ2n) is 12.8. The summed E-state index contributed by atoms with van der Waals surface area (Å²) in [6, 6.07) is 21.4. The molecule has 5 aromatic rings. The molecule has 1 aliphatic heterocycles. The van der Waals surface area contributed by atoms with Crippen molar-refractivity contribution in [2.75, 3.05) is 18.4 Å². The molecule has 46 heavy (non-hydrogen) atoms. The van der Waals surface area contributed by atoms with Crippen molar-refractivity contribution in [1.29, 1.82) is 5.26 Å². The smallest absolute Gasteiger partial charge is 0.255 e. The summed E-state index contributed by atoms with van der Waals surface area (Å²) in [4.78, 5) is 20.1. The van der Waals surface area contributed by atoms with Crippen LogP contribution in [0, 0.1) is 17.1 Å². The van der Waals surface area contributed by atoms with Gasteiger partial charge in [0.15, 0.2) is 0 Å². The molecule has 0 bridgehead atoms. The summed E-state index contributed by atoms with van der Waals surface area (Å²) in [5.74, 6) is -0.924. The van der Waals surface area contributed by atoms with E-state index in [2.05, 4.69) is 52.4 Å². The molecule has 1 aliphatic rings. The number of hydrogen-bond acceptors (Lipinski definition) is 6. The molecule has 8 nitrogen and oxygen atoms in total. The van der Waals surface area contributed by atoms with Crippen LogP contribution in [0.5, 0.6) is 0 Å². The molecular formula is C36H35ClFN7O. The van der Waals surface area contributed by atoms with Crippen LogP contribution < -0.4 is 5.32 Å². The quantitative estimate of drug-likeness (QED) is 0.198. The zero-order valence-corrected chi connectivity index (χ0v) is 26.8. The lowest BCUT2D eigenvalue weighted by Gasteiger charge is -2.40. The lowest BCUT2D eigenvalue weighted by atomic mass is 9.89. The van der Waals surface area contributed by atoms with Crippen molar-refractivity contribution < 1.29 is 9.18 Å². The number of nitrogens with zero attached hydrogens (tertiary/aromatic N) is 6. The minimum absolute atomic E-state index is 0.126. The number of carbonyl (C=O) groups excluding carboxylic acids is 1. The summed E-state index contributed by atoms with van der Waals surface area (Å²) in [6.45, 7) is 8.70. The molecule has 1 fully saturated rings. The predicted molar refractivity (Wildman–Crippen MR) is 177 cm³/mol. The van der Waals surface area contributed by atoms with Crippen molar-refractivity contribution >= 4 is 34.1 Å². The van der Waals surface area contributed by atoms with Crippen LogP contribution >= 0.6 is 11.6 Å². The minimum atomic E-state index is -0.347. The van der Waals surface area contributed by atoms with Crippen molar-refractivity contribution in [3.8, 4) is 6.07 Å². The van der Waals surface area contributed by atoms with E-state index in [1.165, 1.54) is 18.3 Å². The normalized spacial score (nSPS) is 15.0. The molecular weight excluding hydrogens is 601 g/mol. The van der Waals surface area contributed by atoms with Crippen LogP contribution in [0.4, 0.5) is 10.1 Å². The van der Waals surface area contributed by atoms with E-state index in [1.807, 2.05) is 29.1 Å². The fourth-order valence-electron chi connectivity index (χ4n) is 6.18. The molecule has 0 spiro atoms. The molecule has 0 unspecified atom stereocenters. The Bertz CT molecular complexity index is 1900. The maximum Gasteiger partial charge on any atom is 0.255 e. The number of likely N-dealkylation sites (tertiary alicyclic amines) is 1. The Hall–Kier alpha value is -4.65. The number of carbonyl (C=O) groups is 1. The van der Waals surface area contributed by atoms with E-state index in [1.54, 1.807) is 36.4 Å². The summed E-state index contributed by atoms with van der Waals surface area (Å²) in [5.41, 5.74) is 4.11. The molecule has 1 atom stereocenters. The number of rotatable bonds is 7. The third-order valence-corrected chi connectivity index (χ3v) is 9.05. The van der Waals surface area contributed by atoms with Crippen LogP contribution in [-0.4, -0.2) is 49.4 Å². The summed E-state index contributed by atoms with van der Waals surface area (Å²) in [6.07, 6.45) is 5.85. The highest BCUT2D eigenvalue weighted by atomic mass is 35.5. The van der Waals surface area contributed by atoms with Gasteiger partial charge in [0.25, 0.3) is 5.91 Å². The van der Waals surface area contributed by atoms with Crippen molar-refractivity contribution in [3.63, 3.8) is 0 Å². The Labute approximate surface area is 272 Å². The Kier molecular flexibility index (Phi) is 8.85. The molecule has 0 radical (unpaired) electrons. The fourth-order valence-corrected chi connectivity index (χ4v) is 6.47. The van der Waals surface area contributed by atoms with Crippen molar-refractivity contribution in [2.45, 2.75) is 57.5 Å². The van der Waals surface area contributed by atoms with Crippen molar-refractivity contribution in [2.24, 2.45) is 0 Å². The molecule has 1 saturated heterocycles. The van der Waals surface area contributed by atoms with Gasteiger partial charge in [0.05, 0.1) is 33.5 Å². The number of aromatic nitrogens is 4. The highest BCUT2D eigenvalue weighted by Crippen LogP contribution is 2.36. The highest BCUT2D eigenvalue weighted by molar-refractivity contribution is 6.35. The van der Waals surface area contributed by atoms with Gasteiger partial charge in [-0.05, 0) is 87.6 Å². The number of hydrogen-bond donors (Lipinski definition) is 1. The molecule has 0 aliphatic carbocycles. The molecule has 3 heterocycles. The first-order valence-electron chi connectivity index (χ1n) is 15.4. The lowest BCUT2D eigenvalue weighted by Crippen LogP contribution is -2.46. The SMILES string of the molecule is CC(C)(C)N1CCC(n2cc([C@@H](Cc3cc(Cl)c4ncc(C#N)c(NC(=O)c5ccccc5)c4c3)c3ccc(F)cc3)nn2)CC1. The monoisotopic (exact) mass is 635 g/mol. The Morgan fingerprint density at radius 1 is 1.11 bits per heavy atom. The molecule has 0 saturated carbocycles. The van der Waals surface area contributed by atoms with Gasteiger partial charge in [-0.2, -0.15) is 5.26 Å². The zero-order valence-electron chi connectivity index (χ0n) is 26.0. The van der Waals surface area contributed by atoms with Crippen molar-refractivity contribution in [3.05, 3.63) is 118 Å². The number of halogens is 2. The standard InChI is InChI=1S/C36H35ClFN7O/c1-36(2,3)44-15-13-28(14-16-44)45-22-32(42-43-45)29(24-9-11-27(38)12-10-24)17-23-18-30-33(41-35(46)25-7-5-4-6-8-25)26(20-39)21-40-34(30)31(37)19-23/h4-12,18-19,21-22,28-29H,13-17H2,1-3H3,(H,40,41,46)/t29-/m0/s1. The van der Waals surface area contributed by atoms with Gasteiger partial charge in [-0.25, -0.2) is 9.07 Å². The van der Waals surface area contributed by atoms with E-state index >= 15 is 0 Å². The third-order valence-electron chi connectivity index (χ3n) is 8.76. The van der Waals surface area contributed by atoms with Crippen LogP contribution in [0.1, 0.15) is 78.3 Å². The number of fused-ring (bicyclic) bond motifs is 1. The number of anilines is 1. The van der Waals surface area contributed by atoms with E-state index < -0.39 is 0 Å². The summed E-state index contributed by atoms with van der Waals surface area (Å²) >= 11 is 6.79. The van der Waals surface area contributed by atoms with E-state index in [-0.39, 0.29) is 34.8 Å². The van der Waals surface area contributed by atoms with Gasteiger partial charge in [-0.3, -0.25) is 14.7 Å². The maximum atomic E-state index is 14.0. The Balaban J connectivity index is 1.35. The highest BCUT2D eigenvalue weighted by Gasteiger charge is 2.29. The van der Waals surface area contributed by atoms with Crippen LogP contribution in [0.25, 0.3) is 10.9 Å². The van der Waals surface area contributed by atoms with Gasteiger partial charge in [-0.1, -0.05) is 47.1 Å². The minimum Gasteiger partial charge on any atom is -0.320 e. The topological polar surface area (TPSA) is 99.7 Å². The average Bonchev–Trinajstić information content (AvgIpc) is 3.55. The summed E-state index contributed by atoms with van der Waals surface area (Å²) in [5, 5.41) is 22.9. The average molecular weight is 636 g/mol. The van der Waals surface area contributed by atoms with Gasteiger partial charge >= 0.3 is 0 Å². The lowest BCUT2D eigenvalue weighted by molar-refractivity contribution is 0.0865. The van der Waals surface area contributed by atoms with Gasteiger partial charge in [-0.15, -0.1) is 5.10 Å². The first-order valence-corrected chi connectivity index (χ1v) is 15.8. The van der Waals surface area contributed by atoms with Crippen LogP contribution in [-0.2, 0) is 6.42 Å². The molecule has 234 valence electrons. The Morgan fingerprint density at radius 3 is 2.50 bits per heavy atom. The maximum absolute atomic E-state index is 14.0. The largest absolute Gasteiger partial charge is 0.320 e. The van der Waals surface area contributed by atoms with E-state index in [0.717, 1.165) is 42.8 Å². The number of piperidine rings is 1. The third kappa shape index (κ3) is 6.64. The number of pyridine rings is 1. The molecule has 3 aromatic carbocycles. The number of nitrogens with one attached hydrogen (secondary N) is 1. The van der Waals surface area contributed by atoms with Gasteiger partial charge in [0, 0.05) is 47.9 Å². The fraction of sp³-hybridized carbons (Fsp3) is 0.306. The number of nitriles is 1. The molecule has 2 aromatic heterocycles. The number of benzene rings is 3. The molecule has 1 amide bonds. The molecule has 10 heteroatoms. The Morgan fingerprint density at radius 2 is 1.83 bits per heavy atom. The van der Waals surface area contributed by atoms with E-state index in [4.69, 9.17) is 11.6 Å². The van der Waals surface area contributed by atoms with Gasteiger partial charge < -0.3 is 5.32 Å². The second kappa shape index (κ2) is 13.0. The van der Waals surface area contributed by atoms with Gasteiger partial charge in [0.1, 0.15) is 11.9 Å². The number of amides is 1. The van der Waals surface area contributed by atoms with Crippen LogP contribution in [0.2, 0.25) is 5.02 Å². The first-order chi connectivity index (χ1) is 22.1. The van der Waals surface area contributed by atoms with E-state index in [0.29, 0.717) is 33.6 Å². The molecule has 6 rings (SSSR count).